The van der Waals surface area contributed by atoms with E-state index in [4.69, 9.17) is 0 Å². The lowest BCUT2D eigenvalue weighted by Gasteiger charge is -2.29. The number of hydrogen-bond donors (Lipinski definition) is 2. The van der Waals surface area contributed by atoms with Crippen LogP contribution in [0.1, 0.15) is 12.0 Å². The van der Waals surface area contributed by atoms with E-state index in [9.17, 15) is 9.59 Å². The Hall–Kier alpha value is -2.31. The van der Waals surface area contributed by atoms with Gasteiger partial charge in [0.15, 0.2) is 13.1 Å². The van der Waals surface area contributed by atoms with Crippen LogP contribution in [-0.4, -0.2) is 44.8 Å². The number of aryl methyl sites for hydroxylation is 1. The number of benzene rings is 2. The number of hydrogen-bond acceptors (Lipinski definition) is 3. The van der Waals surface area contributed by atoms with Crippen LogP contribution in [0.2, 0.25) is 0 Å². The van der Waals surface area contributed by atoms with Crippen molar-refractivity contribution in [2.45, 2.75) is 17.7 Å². The van der Waals surface area contributed by atoms with Crippen molar-refractivity contribution in [1.29, 1.82) is 0 Å². The maximum Gasteiger partial charge on any atom is 0.282 e. The number of para-hydroxylation sites is 2. The molecule has 0 saturated heterocycles. The highest BCUT2D eigenvalue weighted by atomic mass is 32.2. The molecule has 1 heterocycles. The lowest BCUT2D eigenvalue weighted by Crippen LogP contribution is -3.11. The third kappa shape index (κ3) is 4.90. The first kappa shape index (κ1) is 19.5. The summed E-state index contributed by atoms with van der Waals surface area (Å²) in [5, 5.41) is 2.96. The van der Waals surface area contributed by atoms with Gasteiger partial charge in [-0.3, -0.25) is 9.59 Å². The third-order valence-electron chi connectivity index (χ3n) is 4.71. The molecule has 0 bridgehead atoms. The fourth-order valence-electron chi connectivity index (χ4n) is 3.43. The molecule has 0 aliphatic carbocycles. The summed E-state index contributed by atoms with van der Waals surface area (Å²) >= 11 is 1.60. The van der Waals surface area contributed by atoms with Gasteiger partial charge < -0.3 is 15.1 Å². The first-order valence-electron chi connectivity index (χ1n) is 9.21. The molecule has 1 aliphatic rings. The van der Waals surface area contributed by atoms with E-state index in [2.05, 4.69) is 11.4 Å². The van der Waals surface area contributed by atoms with Gasteiger partial charge in [-0.15, -0.1) is 11.8 Å². The number of rotatable bonds is 6. The van der Waals surface area contributed by atoms with Crippen LogP contribution in [0.5, 0.6) is 0 Å². The predicted octanol–water partition coefficient (Wildman–Crippen LogP) is 1.84. The topological polar surface area (TPSA) is 53.9 Å². The Morgan fingerprint density at radius 2 is 1.85 bits per heavy atom. The van der Waals surface area contributed by atoms with Crippen molar-refractivity contribution in [3.63, 3.8) is 0 Å². The minimum absolute atomic E-state index is 0.0666. The second-order valence-electron chi connectivity index (χ2n) is 6.84. The average molecular weight is 385 g/mol. The summed E-state index contributed by atoms with van der Waals surface area (Å²) in [6.07, 6.45) is 3.98. The highest BCUT2D eigenvalue weighted by Gasteiger charge is 2.25. The van der Waals surface area contributed by atoms with Gasteiger partial charge in [0, 0.05) is 17.1 Å². The first-order chi connectivity index (χ1) is 13.1. The predicted molar refractivity (Wildman–Crippen MR) is 111 cm³/mol. The van der Waals surface area contributed by atoms with Crippen molar-refractivity contribution in [3.8, 4) is 0 Å². The number of fused-ring (bicyclic) bond motifs is 1. The van der Waals surface area contributed by atoms with Crippen LogP contribution in [0, 0.1) is 0 Å². The standard InChI is InChI=1S/C21H25N3O2S/c1-23(14-20(25)22-17-10-4-6-12-19(17)27-2)15-21(26)24-13-7-9-16-8-3-5-11-18(16)24/h3-6,8,10-12H,7,9,13-15H2,1-2H3,(H,22,25)/p+1. The minimum atomic E-state index is -0.0826. The first-order valence-corrected chi connectivity index (χ1v) is 10.4. The molecule has 2 aromatic carbocycles. The summed E-state index contributed by atoms with van der Waals surface area (Å²) in [5.41, 5.74) is 3.06. The van der Waals surface area contributed by atoms with Crippen molar-refractivity contribution in [2.75, 3.05) is 43.2 Å². The van der Waals surface area contributed by atoms with Gasteiger partial charge >= 0.3 is 0 Å². The third-order valence-corrected chi connectivity index (χ3v) is 5.50. The zero-order valence-electron chi connectivity index (χ0n) is 15.8. The quantitative estimate of drug-likeness (QED) is 0.748. The molecule has 142 valence electrons. The molecule has 27 heavy (non-hydrogen) atoms. The molecule has 2 aromatic rings. The van der Waals surface area contributed by atoms with Crippen LogP contribution in [0.25, 0.3) is 0 Å². The van der Waals surface area contributed by atoms with E-state index >= 15 is 0 Å². The smallest absolute Gasteiger partial charge is 0.282 e. The van der Waals surface area contributed by atoms with Gasteiger partial charge in [-0.05, 0) is 42.9 Å². The Balaban J connectivity index is 1.57. The van der Waals surface area contributed by atoms with Gasteiger partial charge in [-0.2, -0.15) is 0 Å². The Morgan fingerprint density at radius 1 is 1.11 bits per heavy atom. The van der Waals surface area contributed by atoms with Crippen molar-refractivity contribution in [3.05, 3.63) is 54.1 Å². The van der Waals surface area contributed by atoms with Gasteiger partial charge in [-0.1, -0.05) is 30.3 Å². The monoisotopic (exact) mass is 384 g/mol. The second-order valence-corrected chi connectivity index (χ2v) is 7.68. The summed E-state index contributed by atoms with van der Waals surface area (Å²) in [5.74, 6) is -0.0159. The van der Waals surface area contributed by atoms with Gasteiger partial charge in [0.05, 0.1) is 12.7 Å². The van der Waals surface area contributed by atoms with Gasteiger partial charge in [0.1, 0.15) is 0 Å². The molecule has 1 unspecified atom stereocenters. The molecule has 0 spiro atoms. The van der Waals surface area contributed by atoms with Crippen LogP contribution in [0.15, 0.2) is 53.4 Å². The highest BCUT2D eigenvalue weighted by Crippen LogP contribution is 2.26. The van der Waals surface area contributed by atoms with Gasteiger partial charge in [0.25, 0.3) is 11.8 Å². The van der Waals surface area contributed by atoms with E-state index in [-0.39, 0.29) is 18.4 Å². The zero-order chi connectivity index (χ0) is 19.2. The van der Waals surface area contributed by atoms with E-state index in [1.807, 2.05) is 60.7 Å². The molecule has 0 fully saturated rings. The summed E-state index contributed by atoms with van der Waals surface area (Å²) in [7, 11) is 1.88. The summed E-state index contributed by atoms with van der Waals surface area (Å²) < 4.78 is 0. The number of carbonyl (C=O) groups excluding carboxylic acids is 2. The summed E-state index contributed by atoms with van der Waals surface area (Å²) in [4.78, 5) is 28.9. The van der Waals surface area contributed by atoms with Crippen LogP contribution in [0.3, 0.4) is 0 Å². The molecule has 6 heteroatoms. The Morgan fingerprint density at radius 3 is 2.67 bits per heavy atom. The van der Waals surface area contributed by atoms with E-state index in [1.54, 1.807) is 11.8 Å². The summed E-state index contributed by atoms with van der Waals surface area (Å²) in [6.45, 7) is 1.30. The number of quaternary nitrogens is 1. The van der Waals surface area contributed by atoms with Gasteiger partial charge in [-0.25, -0.2) is 0 Å². The second kappa shape index (κ2) is 9.06. The Labute approximate surface area is 164 Å². The van der Waals surface area contributed by atoms with Crippen molar-refractivity contribution in [2.24, 2.45) is 0 Å². The van der Waals surface area contributed by atoms with Crippen LogP contribution < -0.4 is 15.1 Å². The SMILES string of the molecule is CSc1ccccc1NC(=O)C[NH+](C)CC(=O)N1CCCc2ccccc21. The molecule has 2 amide bonds. The number of nitrogens with one attached hydrogen (secondary N) is 2. The van der Waals surface area contributed by atoms with Crippen LogP contribution in [-0.2, 0) is 16.0 Å². The lowest BCUT2D eigenvalue weighted by molar-refractivity contribution is -0.862. The minimum Gasteiger partial charge on any atom is -0.322 e. The molecular formula is C21H26N3O2S+. The Kier molecular flexibility index (Phi) is 6.53. The number of anilines is 2. The number of thioether (sulfide) groups is 1. The molecule has 0 saturated carbocycles. The molecule has 3 rings (SSSR count). The lowest BCUT2D eigenvalue weighted by atomic mass is 10.0. The van der Waals surface area contributed by atoms with Gasteiger partial charge in [0.2, 0.25) is 0 Å². The average Bonchev–Trinajstić information content (AvgIpc) is 2.67. The molecule has 1 atom stereocenters. The molecule has 2 N–H and O–H groups in total. The van der Waals surface area contributed by atoms with Crippen molar-refractivity contribution in [1.82, 2.24) is 0 Å². The summed E-state index contributed by atoms with van der Waals surface area (Å²) in [6, 6.07) is 15.8. The van der Waals surface area contributed by atoms with E-state index in [0.717, 1.165) is 40.6 Å². The van der Waals surface area contributed by atoms with Crippen molar-refractivity contribution >= 4 is 35.0 Å². The number of nitrogens with zero attached hydrogens (tertiary/aromatic N) is 1. The maximum atomic E-state index is 12.8. The van der Waals surface area contributed by atoms with E-state index in [0.29, 0.717) is 6.54 Å². The number of amides is 2. The van der Waals surface area contributed by atoms with Crippen LogP contribution in [0.4, 0.5) is 11.4 Å². The zero-order valence-corrected chi connectivity index (χ0v) is 16.6. The fourth-order valence-corrected chi connectivity index (χ4v) is 3.98. The molecular weight excluding hydrogens is 358 g/mol. The molecule has 0 aromatic heterocycles. The highest BCUT2D eigenvalue weighted by molar-refractivity contribution is 7.98. The number of carbonyl (C=O) groups is 2. The molecule has 1 aliphatic heterocycles. The maximum absolute atomic E-state index is 12.8. The van der Waals surface area contributed by atoms with E-state index in [1.165, 1.54) is 5.56 Å². The fraction of sp³-hybridized carbons (Fsp3) is 0.333. The van der Waals surface area contributed by atoms with E-state index < -0.39 is 0 Å². The molecule has 5 nitrogen and oxygen atoms in total. The van der Waals surface area contributed by atoms with Crippen molar-refractivity contribution < 1.29 is 14.5 Å². The van der Waals surface area contributed by atoms with Crippen LogP contribution >= 0.6 is 11.8 Å². The molecule has 0 radical (unpaired) electrons. The largest absolute Gasteiger partial charge is 0.322 e. The number of likely N-dealkylation sites (N-methyl/N-ethyl adjacent to an activating group) is 1. The Bertz CT molecular complexity index is 825. The normalized spacial score (nSPS) is 14.4.